The van der Waals surface area contributed by atoms with Crippen molar-refractivity contribution in [3.63, 3.8) is 0 Å². The molecular formula is C29H38N4O6. The molecule has 3 atom stereocenters. The SMILES string of the molecule is CCC(=O)[C@@H]1C[C@]23COCCCCC(=O)NCc4cc(OC(C)C)cc5c(C(C)=O)nn(c45)CC(=O)N1[C@@H]2C3. The molecule has 1 aromatic carbocycles. The fraction of sp³-hybridized carbons (Fsp3) is 0.621. The standard InChI is InChI=1S/C29H38N4O6/c1-5-23(35)22-12-29-13-24(29)33(22)26(37)15-32-28-19(14-30-25(36)8-6-7-9-38-16-29)10-20(39-17(2)3)11-21(28)27(31-32)18(4)34/h10-11,17,22,24H,5-9,12-16H2,1-4H3,(H,30,36)/t22-,24+,29-/m0/s1. The first-order chi connectivity index (χ1) is 18.6. The highest BCUT2D eigenvalue weighted by Gasteiger charge is 2.66. The molecule has 1 saturated heterocycles. The number of hydrogen-bond acceptors (Lipinski definition) is 7. The lowest BCUT2D eigenvalue weighted by Gasteiger charge is -2.26. The topological polar surface area (TPSA) is 120 Å². The van der Waals surface area contributed by atoms with Crippen molar-refractivity contribution < 1.29 is 28.7 Å². The van der Waals surface area contributed by atoms with E-state index < -0.39 is 6.04 Å². The van der Waals surface area contributed by atoms with Crippen LogP contribution in [0.3, 0.4) is 0 Å². The molecule has 1 saturated carbocycles. The first-order valence-electron chi connectivity index (χ1n) is 14.0. The van der Waals surface area contributed by atoms with Crippen molar-refractivity contribution in [2.75, 3.05) is 13.2 Å². The highest BCUT2D eigenvalue weighted by molar-refractivity contribution is 6.06. The number of rotatable bonds is 5. The Labute approximate surface area is 228 Å². The van der Waals surface area contributed by atoms with E-state index in [2.05, 4.69) is 10.4 Å². The molecule has 2 aliphatic heterocycles. The molecule has 39 heavy (non-hydrogen) atoms. The normalized spacial score (nSPS) is 25.8. The van der Waals surface area contributed by atoms with Gasteiger partial charge in [-0.05, 0) is 51.7 Å². The van der Waals surface area contributed by atoms with E-state index in [9.17, 15) is 19.2 Å². The minimum atomic E-state index is -0.470. The Morgan fingerprint density at radius 2 is 2.03 bits per heavy atom. The minimum Gasteiger partial charge on any atom is -0.491 e. The summed E-state index contributed by atoms with van der Waals surface area (Å²) in [6, 6.07) is 3.10. The number of carbonyl (C=O) groups excluding carboxylic acids is 4. The zero-order chi connectivity index (χ0) is 27.9. The molecule has 2 aromatic rings. The first kappa shape index (κ1) is 27.3. The lowest BCUT2D eigenvalue weighted by atomic mass is 9.97. The van der Waals surface area contributed by atoms with Gasteiger partial charge in [-0.2, -0.15) is 5.10 Å². The van der Waals surface area contributed by atoms with Crippen molar-refractivity contribution in [1.82, 2.24) is 20.0 Å². The van der Waals surface area contributed by atoms with Gasteiger partial charge in [-0.15, -0.1) is 0 Å². The monoisotopic (exact) mass is 538 g/mol. The second-order valence-electron chi connectivity index (χ2n) is 11.4. The number of carbonyl (C=O) groups is 4. The second kappa shape index (κ2) is 10.7. The number of amides is 2. The third-order valence-electron chi connectivity index (χ3n) is 8.12. The number of ketones is 2. The highest BCUT2D eigenvalue weighted by Crippen LogP contribution is 2.60. The average molecular weight is 539 g/mol. The summed E-state index contributed by atoms with van der Waals surface area (Å²) in [7, 11) is 0. The zero-order valence-electron chi connectivity index (χ0n) is 23.2. The summed E-state index contributed by atoms with van der Waals surface area (Å²) in [6.45, 7) is 8.23. The van der Waals surface area contributed by atoms with Gasteiger partial charge in [-0.3, -0.25) is 23.9 Å². The van der Waals surface area contributed by atoms with E-state index in [-0.39, 0.29) is 59.7 Å². The molecule has 0 unspecified atom stereocenters. The second-order valence-corrected chi connectivity index (χ2v) is 11.4. The highest BCUT2D eigenvalue weighted by atomic mass is 16.5. The summed E-state index contributed by atoms with van der Waals surface area (Å²) in [5.74, 6) is 0.103. The number of nitrogens with zero attached hydrogens (tertiary/aromatic N) is 3. The summed E-state index contributed by atoms with van der Waals surface area (Å²) in [5.41, 5.74) is 1.37. The lowest BCUT2D eigenvalue weighted by Crippen LogP contribution is -2.44. The van der Waals surface area contributed by atoms with Gasteiger partial charge in [0.25, 0.3) is 0 Å². The van der Waals surface area contributed by atoms with E-state index in [1.165, 1.54) is 6.92 Å². The number of aromatic nitrogens is 2. The Hall–Kier alpha value is -3.27. The quantitative estimate of drug-likeness (QED) is 0.581. The molecule has 10 heteroatoms. The van der Waals surface area contributed by atoms with Gasteiger partial charge in [0.15, 0.2) is 11.6 Å². The molecule has 2 bridgehead atoms. The molecule has 3 aliphatic rings. The zero-order valence-corrected chi connectivity index (χ0v) is 23.2. The minimum absolute atomic E-state index is 0.0379. The average Bonchev–Trinajstić information content (AvgIpc) is 3.29. The Kier molecular flexibility index (Phi) is 7.50. The fourth-order valence-electron chi connectivity index (χ4n) is 6.19. The third kappa shape index (κ3) is 5.31. The molecule has 3 heterocycles. The Morgan fingerprint density at radius 3 is 2.74 bits per heavy atom. The van der Waals surface area contributed by atoms with Crippen LogP contribution in [0.2, 0.25) is 0 Å². The van der Waals surface area contributed by atoms with Gasteiger partial charge in [-0.1, -0.05) is 6.92 Å². The van der Waals surface area contributed by atoms with E-state index in [0.29, 0.717) is 61.1 Å². The molecule has 2 fully saturated rings. The molecule has 1 aliphatic carbocycles. The van der Waals surface area contributed by atoms with Crippen LogP contribution in [0.5, 0.6) is 5.75 Å². The van der Waals surface area contributed by atoms with Crippen molar-refractivity contribution in [3.8, 4) is 5.75 Å². The van der Waals surface area contributed by atoms with Crippen LogP contribution in [0.15, 0.2) is 12.1 Å². The van der Waals surface area contributed by atoms with Crippen LogP contribution in [0.25, 0.3) is 10.9 Å². The molecule has 0 radical (unpaired) electrons. The summed E-state index contributed by atoms with van der Waals surface area (Å²) in [6.07, 6.45) is 3.51. The molecule has 10 nitrogen and oxygen atoms in total. The Balaban J connectivity index is 1.58. The molecule has 2 amide bonds. The molecule has 5 rings (SSSR count). The third-order valence-corrected chi connectivity index (χ3v) is 8.12. The summed E-state index contributed by atoms with van der Waals surface area (Å²) in [4.78, 5) is 53.8. The van der Waals surface area contributed by atoms with E-state index in [4.69, 9.17) is 9.47 Å². The van der Waals surface area contributed by atoms with E-state index >= 15 is 0 Å². The van der Waals surface area contributed by atoms with Crippen LogP contribution < -0.4 is 10.1 Å². The van der Waals surface area contributed by atoms with Gasteiger partial charge in [0.05, 0.1) is 24.3 Å². The van der Waals surface area contributed by atoms with Crippen LogP contribution in [0.4, 0.5) is 0 Å². The van der Waals surface area contributed by atoms with Gasteiger partial charge in [0, 0.05) is 55.3 Å². The predicted octanol–water partition coefficient (Wildman–Crippen LogP) is 3.18. The number of ether oxygens (including phenoxy) is 2. The molecule has 1 aromatic heterocycles. The molecule has 1 N–H and O–H groups in total. The van der Waals surface area contributed by atoms with Crippen LogP contribution in [0.1, 0.15) is 82.3 Å². The van der Waals surface area contributed by atoms with E-state index in [1.807, 2.05) is 26.8 Å². The first-order valence-corrected chi connectivity index (χ1v) is 14.0. The maximum atomic E-state index is 13.9. The predicted molar refractivity (Wildman–Crippen MR) is 143 cm³/mol. The number of hydrogen-bond donors (Lipinski definition) is 1. The number of benzene rings is 1. The lowest BCUT2D eigenvalue weighted by molar-refractivity contribution is -0.139. The maximum absolute atomic E-state index is 13.9. The smallest absolute Gasteiger partial charge is 0.245 e. The summed E-state index contributed by atoms with van der Waals surface area (Å²) >= 11 is 0. The van der Waals surface area contributed by atoms with E-state index in [0.717, 1.165) is 12.8 Å². The fourth-order valence-corrected chi connectivity index (χ4v) is 6.19. The van der Waals surface area contributed by atoms with Crippen molar-refractivity contribution in [2.24, 2.45) is 5.41 Å². The largest absolute Gasteiger partial charge is 0.491 e. The maximum Gasteiger partial charge on any atom is 0.245 e. The van der Waals surface area contributed by atoms with Gasteiger partial charge in [0.1, 0.15) is 18.0 Å². The van der Waals surface area contributed by atoms with Crippen molar-refractivity contribution in [3.05, 3.63) is 23.4 Å². The van der Waals surface area contributed by atoms with E-state index in [1.54, 1.807) is 15.6 Å². The number of nitrogens with one attached hydrogen (secondary N) is 1. The molecule has 210 valence electrons. The van der Waals surface area contributed by atoms with Crippen molar-refractivity contribution in [2.45, 2.75) is 97.5 Å². The van der Waals surface area contributed by atoms with Crippen LogP contribution in [-0.4, -0.2) is 69.5 Å². The number of Topliss-reactive ketones (excluding diaryl/α,β-unsaturated/α-hetero) is 2. The van der Waals surface area contributed by atoms with Crippen LogP contribution >= 0.6 is 0 Å². The van der Waals surface area contributed by atoms with Gasteiger partial charge >= 0.3 is 0 Å². The van der Waals surface area contributed by atoms with Crippen LogP contribution in [-0.2, 0) is 32.2 Å². The Morgan fingerprint density at radius 1 is 1.23 bits per heavy atom. The molecular weight excluding hydrogens is 500 g/mol. The van der Waals surface area contributed by atoms with Gasteiger partial charge < -0.3 is 19.7 Å². The van der Waals surface area contributed by atoms with Gasteiger partial charge in [-0.25, -0.2) is 0 Å². The summed E-state index contributed by atoms with van der Waals surface area (Å²) < 4.78 is 13.5. The Bertz CT molecular complexity index is 1320. The van der Waals surface area contributed by atoms with Crippen LogP contribution in [0, 0.1) is 5.41 Å². The molecule has 0 spiro atoms. The summed E-state index contributed by atoms with van der Waals surface area (Å²) in [5, 5.41) is 8.13. The van der Waals surface area contributed by atoms with Crippen molar-refractivity contribution >= 4 is 34.3 Å². The van der Waals surface area contributed by atoms with Gasteiger partial charge in [0.2, 0.25) is 11.8 Å². The number of piperidine rings is 1. The van der Waals surface area contributed by atoms with Crippen molar-refractivity contribution in [1.29, 1.82) is 0 Å².